The van der Waals surface area contributed by atoms with Crippen LogP contribution in [0.5, 0.6) is 0 Å². The summed E-state index contributed by atoms with van der Waals surface area (Å²) in [7, 11) is 0. The van der Waals surface area contributed by atoms with Gasteiger partial charge in [0, 0.05) is 5.56 Å². The molecule has 0 aliphatic heterocycles. The second-order valence-corrected chi connectivity index (χ2v) is 4.65. The number of carboxylic acid groups (broad SMARTS) is 1. The minimum Gasteiger partial charge on any atom is -0.477 e. The molecule has 21 heavy (non-hydrogen) atoms. The first-order valence-electron chi connectivity index (χ1n) is 6.28. The van der Waals surface area contributed by atoms with Crippen LogP contribution in [0.1, 0.15) is 10.4 Å². The molecule has 0 spiro atoms. The Morgan fingerprint density at radius 2 is 1.62 bits per heavy atom. The molecule has 0 radical (unpaired) electrons. The van der Waals surface area contributed by atoms with E-state index in [9.17, 15) is 13.6 Å². The van der Waals surface area contributed by atoms with Crippen LogP contribution in [-0.4, -0.2) is 11.1 Å². The second kappa shape index (κ2) is 4.98. The minimum atomic E-state index is -1.62. The molecule has 0 atom stereocenters. The van der Waals surface area contributed by atoms with Crippen LogP contribution in [-0.2, 0) is 0 Å². The van der Waals surface area contributed by atoms with Crippen molar-refractivity contribution in [1.29, 1.82) is 0 Å². The summed E-state index contributed by atoms with van der Waals surface area (Å²) in [5, 5.41) is 10.8. The van der Waals surface area contributed by atoms with Crippen molar-refractivity contribution in [3.8, 4) is 11.1 Å². The molecule has 0 aliphatic rings. The molecule has 2 nitrogen and oxygen atoms in total. The molecule has 0 aliphatic carbocycles. The third kappa shape index (κ3) is 2.25. The van der Waals surface area contributed by atoms with Crippen LogP contribution in [0.3, 0.4) is 0 Å². The topological polar surface area (TPSA) is 37.3 Å². The first-order chi connectivity index (χ1) is 10.1. The molecule has 3 aromatic rings. The highest BCUT2D eigenvalue weighted by Crippen LogP contribution is 2.29. The molecule has 1 N–H and O–H groups in total. The summed E-state index contributed by atoms with van der Waals surface area (Å²) in [6, 6.07) is 15.0. The summed E-state index contributed by atoms with van der Waals surface area (Å²) in [5.74, 6) is -3.75. The van der Waals surface area contributed by atoms with Crippen molar-refractivity contribution in [3.63, 3.8) is 0 Å². The lowest BCUT2D eigenvalue weighted by molar-refractivity contribution is 0.0686. The molecule has 3 rings (SSSR count). The van der Waals surface area contributed by atoms with E-state index in [2.05, 4.69) is 0 Å². The second-order valence-electron chi connectivity index (χ2n) is 4.65. The van der Waals surface area contributed by atoms with Gasteiger partial charge in [-0.25, -0.2) is 13.6 Å². The van der Waals surface area contributed by atoms with Crippen LogP contribution in [0.2, 0.25) is 0 Å². The van der Waals surface area contributed by atoms with Gasteiger partial charge in [0.1, 0.15) is 17.2 Å². The van der Waals surface area contributed by atoms with Gasteiger partial charge in [-0.1, -0.05) is 36.4 Å². The summed E-state index contributed by atoms with van der Waals surface area (Å²) in [4.78, 5) is 11.0. The third-order valence-electron chi connectivity index (χ3n) is 3.37. The van der Waals surface area contributed by atoms with E-state index >= 15 is 0 Å². The smallest absolute Gasteiger partial charge is 0.341 e. The van der Waals surface area contributed by atoms with Gasteiger partial charge in [0.25, 0.3) is 0 Å². The number of rotatable bonds is 2. The van der Waals surface area contributed by atoms with Crippen LogP contribution in [0, 0.1) is 11.6 Å². The summed E-state index contributed by atoms with van der Waals surface area (Å²) in [6.45, 7) is 0. The average Bonchev–Trinajstić information content (AvgIpc) is 2.46. The molecule has 104 valence electrons. The number of aromatic carboxylic acids is 1. The van der Waals surface area contributed by atoms with E-state index in [-0.39, 0.29) is 5.56 Å². The number of fused-ring (bicyclic) bond motifs is 1. The SMILES string of the molecule is O=C(O)c1c(F)ccc(-c2ccc3ccccc3c2)c1F. The summed E-state index contributed by atoms with van der Waals surface area (Å²) >= 11 is 0. The van der Waals surface area contributed by atoms with Crippen LogP contribution in [0.4, 0.5) is 8.78 Å². The molecule has 0 aromatic heterocycles. The first-order valence-corrected chi connectivity index (χ1v) is 6.28. The number of carboxylic acids is 1. The Labute approximate surface area is 119 Å². The van der Waals surface area contributed by atoms with Gasteiger partial charge < -0.3 is 5.11 Å². The van der Waals surface area contributed by atoms with Crippen molar-refractivity contribution < 1.29 is 18.7 Å². The molecule has 0 heterocycles. The number of hydrogen-bond acceptors (Lipinski definition) is 1. The summed E-state index contributed by atoms with van der Waals surface area (Å²) in [5.41, 5.74) is -0.353. The largest absolute Gasteiger partial charge is 0.477 e. The van der Waals surface area contributed by atoms with Gasteiger partial charge >= 0.3 is 5.97 Å². The normalized spacial score (nSPS) is 10.8. The van der Waals surface area contributed by atoms with E-state index in [4.69, 9.17) is 5.11 Å². The standard InChI is InChI=1S/C17H10F2O2/c18-14-8-7-13(16(19)15(14)17(20)21)12-6-5-10-3-1-2-4-11(10)9-12/h1-9H,(H,20,21). The van der Waals surface area contributed by atoms with Crippen molar-refractivity contribution in [2.45, 2.75) is 0 Å². The lowest BCUT2D eigenvalue weighted by Crippen LogP contribution is -2.05. The van der Waals surface area contributed by atoms with Crippen LogP contribution in [0.15, 0.2) is 54.6 Å². The van der Waals surface area contributed by atoms with E-state index in [1.54, 1.807) is 12.1 Å². The molecule has 0 amide bonds. The van der Waals surface area contributed by atoms with E-state index in [0.29, 0.717) is 5.56 Å². The monoisotopic (exact) mass is 284 g/mol. The molecular formula is C17H10F2O2. The van der Waals surface area contributed by atoms with Gasteiger partial charge in [0.05, 0.1) is 0 Å². The summed E-state index contributed by atoms with van der Waals surface area (Å²) < 4.78 is 27.7. The Morgan fingerprint density at radius 3 is 2.33 bits per heavy atom. The zero-order chi connectivity index (χ0) is 15.0. The van der Waals surface area contributed by atoms with E-state index in [1.807, 2.05) is 30.3 Å². The zero-order valence-corrected chi connectivity index (χ0v) is 10.8. The van der Waals surface area contributed by atoms with Gasteiger partial charge in [-0.15, -0.1) is 0 Å². The number of hydrogen-bond donors (Lipinski definition) is 1. The van der Waals surface area contributed by atoms with Crippen molar-refractivity contribution >= 4 is 16.7 Å². The van der Waals surface area contributed by atoms with Crippen LogP contribution < -0.4 is 0 Å². The van der Waals surface area contributed by atoms with Crippen molar-refractivity contribution in [2.24, 2.45) is 0 Å². The maximum absolute atomic E-state index is 14.2. The maximum Gasteiger partial charge on any atom is 0.341 e. The fourth-order valence-corrected chi connectivity index (χ4v) is 2.33. The average molecular weight is 284 g/mol. The fraction of sp³-hybridized carbons (Fsp3) is 0. The van der Waals surface area contributed by atoms with Gasteiger partial charge in [0.2, 0.25) is 0 Å². The molecule has 3 aromatic carbocycles. The highest BCUT2D eigenvalue weighted by molar-refractivity contribution is 5.92. The molecule has 4 heteroatoms. The number of benzene rings is 3. The maximum atomic E-state index is 14.2. The van der Waals surface area contributed by atoms with Gasteiger partial charge in [0.15, 0.2) is 0 Å². The first kappa shape index (κ1) is 13.2. The Hall–Kier alpha value is -2.75. The predicted octanol–water partition coefficient (Wildman–Crippen LogP) is 4.48. The quantitative estimate of drug-likeness (QED) is 0.753. The number of halogens is 2. The molecule has 0 saturated carbocycles. The molecular weight excluding hydrogens is 274 g/mol. The Kier molecular flexibility index (Phi) is 3.14. The van der Waals surface area contributed by atoms with Gasteiger partial charge in [-0.05, 0) is 34.5 Å². The van der Waals surface area contributed by atoms with E-state index in [0.717, 1.165) is 16.8 Å². The lowest BCUT2D eigenvalue weighted by atomic mass is 9.99. The highest BCUT2D eigenvalue weighted by atomic mass is 19.1. The Bertz CT molecular complexity index is 857. The summed E-state index contributed by atoms with van der Waals surface area (Å²) in [6.07, 6.45) is 0. The van der Waals surface area contributed by atoms with Crippen LogP contribution >= 0.6 is 0 Å². The molecule has 0 unspecified atom stereocenters. The van der Waals surface area contributed by atoms with Crippen molar-refractivity contribution in [3.05, 3.63) is 71.8 Å². The predicted molar refractivity (Wildman–Crippen MR) is 76.3 cm³/mol. The van der Waals surface area contributed by atoms with Crippen LogP contribution in [0.25, 0.3) is 21.9 Å². The minimum absolute atomic E-state index is 0.0690. The Morgan fingerprint density at radius 1 is 0.905 bits per heavy atom. The third-order valence-corrected chi connectivity index (χ3v) is 3.37. The fourth-order valence-electron chi connectivity index (χ4n) is 2.33. The van der Waals surface area contributed by atoms with Crippen molar-refractivity contribution in [2.75, 3.05) is 0 Å². The number of carbonyl (C=O) groups is 1. The Balaban J connectivity index is 2.23. The highest BCUT2D eigenvalue weighted by Gasteiger charge is 2.20. The molecule has 0 saturated heterocycles. The molecule has 0 bridgehead atoms. The lowest BCUT2D eigenvalue weighted by Gasteiger charge is -2.08. The zero-order valence-electron chi connectivity index (χ0n) is 10.8. The van der Waals surface area contributed by atoms with Gasteiger partial charge in [-0.3, -0.25) is 0 Å². The van der Waals surface area contributed by atoms with Gasteiger partial charge in [-0.2, -0.15) is 0 Å². The van der Waals surface area contributed by atoms with E-state index < -0.39 is 23.2 Å². The van der Waals surface area contributed by atoms with Crippen molar-refractivity contribution in [1.82, 2.24) is 0 Å². The van der Waals surface area contributed by atoms with E-state index in [1.165, 1.54) is 6.07 Å². The molecule has 0 fully saturated rings.